The van der Waals surface area contributed by atoms with E-state index in [1.807, 2.05) is 39.3 Å². The van der Waals surface area contributed by atoms with Crippen LogP contribution in [-0.2, 0) is 18.3 Å². The van der Waals surface area contributed by atoms with Crippen molar-refractivity contribution in [3.8, 4) is 5.88 Å². The lowest BCUT2D eigenvalue weighted by atomic mass is 10.2. The maximum absolute atomic E-state index is 12.2. The number of fused-ring (bicyclic) bond motifs is 1. The standard InChI is InChI=1S/C18H23N5O2S/c1-6-15-21-13(9-26-15)12(4)20-14(24)8-25-18-16-10(2)7-11(3)19-17(16)23(5)22-18/h7,9,12H,6,8H2,1-5H3,(H,20,24)/t12-/m0/s1. The highest BCUT2D eigenvalue weighted by Crippen LogP contribution is 2.27. The van der Waals surface area contributed by atoms with E-state index in [1.165, 1.54) is 0 Å². The van der Waals surface area contributed by atoms with Gasteiger partial charge in [0.15, 0.2) is 12.3 Å². The minimum atomic E-state index is -0.208. The fourth-order valence-corrected chi connectivity index (χ4v) is 3.67. The van der Waals surface area contributed by atoms with E-state index in [0.717, 1.165) is 39.4 Å². The summed E-state index contributed by atoms with van der Waals surface area (Å²) >= 11 is 1.61. The first-order valence-corrected chi connectivity index (χ1v) is 9.44. The molecule has 0 aromatic carbocycles. The van der Waals surface area contributed by atoms with Crippen LogP contribution in [0.25, 0.3) is 11.0 Å². The molecule has 1 amide bonds. The molecule has 0 aliphatic rings. The molecule has 3 aromatic heterocycles. The van der Waals surface area contributed by atoms with Crippen LogP contribution in [0.5, 0.6) is 5.88 Å². The monoisotopic (exact) mass is 373 g/mol. The molecule has 0 unspecified atom stereocenters. The summed E-state index contributed by atoms with van der Waals surface area (Å²) in [5, 5.41) is 11.2. The Morgan fingerprint density at radius 3 is 2.85 bits per heavy atom. The van der Waals surface area contributed by atoms with Crippen LogP contribution in [-0.4, -0.2) is 32.3 Å². The predicted octanol–water partition coefficient (Wildman–Crippen LogP) is 2.86. The van der Waals surface area contributed by atoms with Crippen molar-refractivity contribution in [2.24, 2.45) is 7.05 Å². The number of thiazole rings is 1. The van der Waals surface area contributed by atoms with E-state index in [9.17, 15) is 4.79 Å². The summed E-state index contributed by atoms with van der Waals surface area (Å²) in [7, 11) is 1.82. The Morgan fingerprint density at radius 2 is 2.15 bits per heavy atom. The van der Waals surface area contributed by atoms with Gasteiger partial charge in [0.1, 0.15) is 0 Å². The van der Waals surface area contributed by atoms with E-state index in [1.54, 1.807) is 16.0 Å². The van der Waals surface area contributed by atoms with Crippen LogP contribution >= 0.6 is 11.3 Å². The van der Waals surface area contributed by atoms with E-state index in [-0.39, 0.29) is 18.6 Å². The summed E-state index contributed by atoms with van der Waals surface area (Å²) < 4.78 is 7.36. The first-order valence-electron chi connectivity index (χ1n) is 8.56. The number of amides is 1. The molecule has 3 heterocycles. The van der Waals surface area contributed by atoms with Crippen LogP contribution in [0.1, 0.15) is 41.8 Å². The van der Waals surface area contributed by atoms with Gasteiger partial charge >= 0.3 is 0 Å². The van der Waals surface area contributed by atoms with Crippen LogP contribution in [0, 0.1) is 13.8 Å². The lowest BCUT2D eigenvalue weighted by Gasteiger charge is -2.12. The molecule has 0 aliphatic heterocycles. The quantitative estimate of drug-likeness (QED) is 0.718. The van der Waals surface area contributed by atoms with Gasteiger partial charge in [-0.3, -0.25) is 4.79 Å². The number of rotatable bonds is 6. The summed E-state index contributed by atoms with van der Waals surface area (Å²) in [4.78, 5) is 21.2. The lowest BCUT2D eigenvalue weighted by Crippen LogP contribution is -2.31. The van der Waals surface area contributed by atoms with E-state index >= 15 is 0 Å². The Balaban J connectivity index is 1.67. The van der Waals surface area contributed by atoms with Gasteiger partial charge in [-0.25, -0.2) is 14.6 Å². The van der Waals surface area contributed by atoms with Gasteiger partial charge in [0, 0.05) is 18.1 Å². The molecule has 1 atom stereocenters. The number of pyridine rings is 1. The molecule has 0 bridgehead atoms. The minimum Gasteiger partial charge on any atom is -0.466 e. The third-order valence-corrected chi connectivity index (χ3v) is 5.13. The maximum atomic E-state index is 12.2. The smallest absolute Gasteiger partial charge is 0.258 e. The fourth-order valence-electron chi connectivity index (χ4n) is 2.83. The molecule has 26 heavy (non-hydrogen) atoms. The second kappa shape index (κ2) is 7.41. The molecule has 0 spiro atoms. The fraction of sp³-hybridized carbons (Fsp3) is 0.444. The summed E-state index contributed by atoms with van der Waals surface area (Å²) in [5.74, 6) is 0.220. The number of nitrogens with zero attached hydrogens (tertiary/aromatic N) is 4. The summed E-state index contributed by atoms with van der Waals surface area (Å²) in [6.45, 7) is 7.81. The Kier molecular flexibility index (Phi) is 5.22. The van der Waals surface area contributed by atoms with Crippen molar-refractivity contribution in [2.45, 2.75) is 40.2 Å². The third kappa shape index (κ3) is 3.70. The molecule has 3 rings (SSSR count). The number of aryl methyl sites for hydroxylation is 4. The van der Waals surface area contributed by atoms with Crippen molar-refractivity contribution >= 4 is 28.3 Å². The zero-order chi connectivity index (χ0) is 18.8. The van der Waals surface area contributed by atoms with Crippen molar-refractivity contribution in [3.05, 3.63) is 33.4 Å². The normalized spacial score (nSPS) is 12.3. The Labute approximate surface area is 156 Å². The first-order chi connectivity index (χ1) is 12.4. The van der Waals surface area contributed by atoms with Gasteiger partial charge in [-0.2, -0.15) is 0 Å². The van der Waals surface area contributed by atoms with E-state index < -0.39 is 0 Å². The Hall–Kier alpha value is -2.48. The number of hydrogen-bond acceptors (Lipinski definition) is 6. The average Bonchev–Trinajstić information content (AvgIpc) is 3.18. The van der Waals surface area contributed by atoms with Gasteiger partial charge in [0.05, 0.1) is 22.1 Å². The highest BCUT2D eigenvalue weighted by atomic mass is 32.1. The molecule has 0 saturated carbocycles. The van der Waals surface area contributed by atoms with Crippen molar-refractivity contribution in [1.29, 1.82) is 0 Å². The van der Waals surface area contributed by atoms with Gasteiger partial charge in [0.25, 0.3) is 5.91 Å². The van der Waals surface area contributed by atoms with Crippen molar-refractivity contribution in [3.63, 3.8) is 0 Å². The predicted molar refractivity (Wildman–Crippen MR) is 102 cm³/mol. The van der Waals surface area contributed by atoms with Crippen LogP contribution in [0.15, 0.2) is 11.4 Å². The van der Waals surface area contributed by atoms with Gasteiger partial charge < -0.3 is 10.1 Å². The summed E-state index contributed by atoms with van der Waals surface area (Å²) in [6, 6.07) is 1.82. The van der Waals surface area contributed by atoms with Gasteiger partial charge in [-0.05, 0) is 38.8 Å². The van der Waals surface area contributed by atoms with Crippen LogP contribution in [0.3, 0.4) is 0 Å². The zero-order valence-electron chi connectivity index (χ0n) is 15.7. The number of nitrogens with one attached hydrogen (secondary N) is 1. The highest BCUT2D eigenvalue weighted by Gasteiger charge is 2.17. The highest BCUT2D eigenvalue weighted by molar-refractivity contribution is 7.09. The molecule has 0 saturated heterocycles. The number of carbonyl (C=O) groups is 1. The Morgan fingerprint density at radius 1 is 1.38 bits per heavy atom. The number of ether oxygens (including phenoxy) is 1. The van der Waals surface area contributed by atoms with Crippen LogP contribution in [0.4, 0.5) is 0 Å². The second-order valence-electron chi connectivity index (χ2n) is 6.31. The molecule has 7 nitrogen and oxygen atoms in total. The van der Waals surface area contributed by atoms with Gasteiger partial charge in [0.2, 0.25) is 5.88 Å². The van der Waals surface area contributed by atoms with E-state index in [2.05, 4.69) is 27.3 Å². The number of carbonyl (C=O) groups excluding carboxylic acids is 1. The van der Waals surface area contributed by atoms with E-state index in [4.69, 9.17) is 4.74 Å². The topological polar surface area (TPSA) is 81.9 Å². The summed E-state index contributed by atoms with van der Waals surface area (Å²) in [6.07, 6.45) is 0.897. The maximum Gasteiger partial charge on any atom is 0.258 e. The molecule has 1 N–H and O–H groups in total. The largest absolute Gasteiger partial charge is 0.466 e. The molecule has 8 heteroatoms. The van der Waals surface area contributed by atoms with Crippen molar-refractivity contribution in [2.75, 3.05) is 6.61 Å². The van der Waals surface area contributed by atoms with Crippen molar-refractivity contribution in [1.82, 2.24) is 25.1 Å². The molecule has 138 valence electrons. The van der Waals surface area contributed by atoms with Gasteiger partial charge in [-0.15, -0.1) is 16.4 Å². The molecule has 0 aliphatic carbocycles. The first kappa shape index (κ1) is 18.3. The average molecular weight is 373 g/mol. The zero-order valence-corrected chi connectivity index (χ0v) is 16.5. The van der Waals surface area contributed by atoms with Crippen molar-refractivity contribution < 1.29 is 9.53 Å². The Bertz CT molecular complexity index is 947. The molecular formula is C18H23N5O2S. The lowest BCUT2D eigenvalue weighted by molar-refractivity contribution is -0.123. The third-order valence-electron chi connectivity index (χ3n) is 4.12. The second-order valence-corrected chi connectivity index (χ2v) is 7.25. The SMILES string of the molecule is CCc1nc([C@H](C)NC(=O)COc2nn(C)c3nc(C)cc(C)c23)cs1. The van der Waals surface area contributed by atoms with Gasteiger partial charge in [-0.1, -0.05) is 6.92 Å². The molecule has 0 radical (unpaired) electrons. The molecule has 3 aromatic rings. The molecular weight excluding hydrogens is 350 g/mol. The number of hydrogen-bond donors (Lipinski definition) is 1. The van der Waals surface area contributed by atoms with Crippen LogP contribution in [0.2, 0.25) is 0 Å². The molecule has 0 fully saturated rings. The van der Waals surface area contributed by atoms with Crippen LogP contribution < -0.4 is 10.1 Å². The summed E-state index contributed by atoms with van der Waals surface area (Å²) in [5.41, 5.74) is 3.57. The minimum absolute atomic E-state index is 0.103. The van der Waals surface area contributed by atoms with E-state index in [0.29, 0.717) is 5.88 Å². The number of aromatic nitrogens is 4.